The Morgan fingerprint density at radius 1 is 0.818 bits per heavy atom. The van der Waals surface area contributed by atoms with E-state index in [4.69, 9.17) is 12.2 Å². The number of methoxy groups -OCH3 is 1. The fraction of sp³-hybridized carbons (Fsp3) is 0.120. The molecule has 7 nitrogen and oxygen atoms in total. The molecular weight excluding hydrogens is 438 g/mol. The molecule has 0 aliphatic rings. The quantitative estimate of drug-likeness (QED) is 0.368. The summed E-state index contributed by atoms with van der Waals surface area (Å²) in [6.45, 7) is 0.486. The van der Waals surface area contributed by atoms with Gasteiger partial charge < -0.3 is 15.4 Å². The van der Waals surface area contributed by atoms with E-state index in [-0.39, 0.29) is 11.0 Å². The smallest absolute Gasteiger partial charge is 0.337 e. The van der Waals surface area contributed by atoms with Crippen LogP contribution < -0.4 is 16.0 Å². The molecule has 0 aliphatic heterocycles. The summed E-state index contributed by atoms with van der Waals surface area (Å²) < 4.78 is 4.64. The number of anilines is 1. The molecule has 3 rings (SSSR count). The average molecular weight is 462 g/mol. The zero-order chi connectivity index (χ0) is 23.6. The summed E-state index contributed by atoms with van der Waals surface area (Å²) in [6.07, 6.45) is 0.714. The monoisotopic (exact) mass is 461 g/mol. The van der Waals surface area contributed by atoms with Crippen LogP contribution in [0.4, 0.5) is 5.69 Å². The summed E-state index contributed by atoms with van der Waals surface area (Å²) in [5, 5.41) is 8.42. The standard InChI is InChI=1S/C25H23N3O4S/c1-32-24(31)19-13-11-18(12-14-19)22(29)28-25(33)27-21-10-6-5-9-20(21)23(30)26-16-15-17-7-3-2-4-8-17/h2-14H,15-16H2,1H3,(H,26,30)(H2,27,28,29,33). The molecule has 0 unspecified atom stereocenters. The molecule has 0 aliphatic carbocycles. The fourth-order valence-corrected chi connectivity index (χ4v) is 3.26. The second-order valence-corrected chi connectivity index (χ2v) is 7.42. The summed E-state index contributed by atoms with van der Waals surface area (Å²) in [5.41, 5.74) is 2.67. The number of carbonyl (C=O) groups is 3. The van der Waals surface area contributed by atoms with Crippen molar-refractivity contribution in [3.8, 4) is 0 Å². The van der Waals surface area contributed by atoms with Gasteiger partial charge in [0, 0.05) is 12.1 Å². The predicted octanol–water partition coefficient (Wildman–Crippen LogP) is 3.57. The van der Waals surface area contributed by atoms with Crippen molar-refractivity contribution in [2.24, 2.45) is 0 Å². The molecule has 0 fully saturated rings. The number of carbonyl (C=O) groups excluding carboxylic acids is 3. The van der Waals surface area contributed by atoms with Crippen molar-refractivity contribution in [2.75, 3.05) is 19.0 Å². The van der Waals surface area contributed by atoms with Crippen molar-refractivity contribution in [2.45, 2.75) is 6.42 Å². The summed E-state index contributed by atoms with van der Waals surface area (Å²) in [7, 11) is 1.29. The first kappa shape index (κ1) is 23.6. The van der Waals surface area contributed by atoms with E-state index in [1.165, 1.54) is 31.4 Å². The summed E-state index contributed by atoms with van der Waals surface area (Å²) >= 11 is 5.25. The highest BCUT2D eigenvalue weighted by molar-refractivity contribution is 7.80. The van der Waals surface area contributed by atoms with Gasteiger partial charge in [0.2, 0.25) is 0 Å². The molecule has 33 heavy (non-hydrogen) atoms. The summed E-state index contributed by atoms with van der Waals surface area (Å²) in [6, 6.07) is 22.8. The topological polar surface area (TPSA) is 96.5 Å². The van der Waals surface area contributed by atoms with Crippen molar-refractivity contribution < 1.29 is 19.1 Å². The van der Waals surface area contributed by atoms with E-state index in [1.807, 2.05) is 30.3 Å². The minimum absolute atomic E-state index is 0.0431. The lowest BCUT2D eigenvalue weighted by molar-refractivity contribution is 0.0600. The molecule has 3 N–H and O–H groups in total. The molecule has 0 spiro atoms. The fourth-order valence-electron chi connectivity index (χ4n) is 3.05. The summed E-state index contributed by atoms with van der Waals surface area (Å²) in [4.78, 5) is 36.6. The van der Waals surface area contributed by atoms with E-state index in [2.05, 4.69) is 20.7 Å². The van der Waals surface area contributed by atoms with Crippen molar-refractivity contribution in [3.63, 3.8) is 0 Å². The Bertz CT molecular complexity index is 1150. The van der Waals surface area contributed by atoms with E-state index >= 15 is 0 Å². The maximum Gasteiger partial charge on any atom is 0.337 e. The van der Waals surface area contributed by atoms with Crippen LogP contribution in [0.25, 0.3) is 0 Å². The Kier molecular flexibility index (Phi) is 8.26. The van der Waals surface area contributed by atoms with E-state index < -0.39 is 11.9 Å². The molecule has 3 aromatic carbocycles. The van der Waals surface area contributed by atoms with Crippen LogP contribution in [0.15, 0.2) is 78.9 Å². The van der Waals surface area contributed by atoms with Crippen LogP contribution in [0, 0.1) is 0 Å². The van der Waals surface area contributed by atoms with Gasteiger partial charge in [-0.05, 0) is 60.6 Å². The number of thiocarbonyl (C=S) groups is 1. The zero-order valence-corrected chi connectivity index (χ0v) is 18.8. The van der Waals surface area contributed by atoms with Crippen LogP contribution >= 0.6 is 12.2 Å². The van der Waals surface area contributed by atoms with Crippen LogP contribution in [0.1, 0.15) is 36.6 Å². The van der Waals surface area contributed by atoms with Crippen LogP contribution in [-0.2, 0) is 11.2 Å². The molecule has 3 aromatic rings. The predicted molar refractivity (Wildman–Crippen MR) is 130 cm³/mol. The Morgan fingerprint density at radius 3 is 2.15 bits per heavy atom. The van der Waals surface area contributed by atoms with E-state index in [1.54, 1.807) is 24.3 Å². The maximum atomic E-state index is 12.7. The van der Waals surface area contributed by atoms with Gasteiger partial charge in [0.25, 0.3) is 11.8 Å². The molecule has 0 saturated heterocycles. The van der Waals surface area contributed by atoms with Crippen LogP contribution in [0.3, 0.4) is 0 Å². The maximum absolute atomic E-state index is 12.7. The number of nitrogens with one attached hydrogen (secondary N) is 3. The number of rotatable bonds is 7. The van der Waals surface area contributed by atoms with Crippen molar-refractivity contribution in [1.82, 2.24) is 10.6 Å². The van der Waals surface area contributed by atoms with E-state index in [0.717, 1.165) is 5.56 Å². The summed E-state index contributed by atoms with van der Waals surface area (Å²) in [5.74, 6) is -1.19. The minimum Gasteiger partial charge on any atom is -0.465 e. The average Bonchev–Trinajstić information content (AvgIpc) is 2.84. The number of hydrogen-bond donors (Lipinski definition) is 3. The second-order valence-electron chi connectivity index (χ2n) is 7.01. The molecular formula is C25H23N3O4S. The lowest BCUT2D eigenvalue weighted by Crippen LogP contribution is -2.35. The van der Waals surface area contributed by atoms with Crippen LogP contribution in [0.5, 0.6) is 0 Å². The molecule has 2 amide bonds. The first-order valence-corrected chi connectivity index (χ1v) is 10.6. The van der Waals surface area contributed by atoms with Crippen LogP contribution in [-0.4, -0.2) is 36.6 Å². The number of esters is 1. The van der Waals surface area contributed by atoms with Gasteiger partial charge in [-0.3, -0.25) is 14.9 Å². The molecule has 0 atom stereocenters. The Hall–Kier alpha value is -4.04. The number of ether oxygens (including phenoxy) is 1. The first-order valence-electron chi connectivity index (χ1n) is 10.2. The van der Waals surface area contributed by atoms with Crippen molar-refractivity contribution in [1.29, 1.82) is 0 Å². The molecule has 0 bridgehead atoms. The minimum atomic E-state index is -0.488. The van der Waals surface area contributed by atoms with Gasteiger partial charge in [-0.15, -0.1) is 0 Å². The van der Waals surface area contributed by atoms with Crippen molar-refractivity contribution >= 4 is 40.8 Å². The van der Waals surface area contributed by atoms with Gasteiger partial charge in [-0.1, -0.05) is 42.5 Å². The van der Waals surface area contributed by atoms with Gasteiger partial charge in [-0.25, -0.2) is 4.79 Å². The van der Waals surface area contributed by atoms with Gasteiger partial charge in [0.15, 0.2) is 5.11 Å². The molecule has 0 heterocycles. The Labute approximate surface area is 197 Å². The highest BCUT2D eigenvalue weighted by Crippen LogP contribution is 2.15. The highest BCUT2D eigenvalue weighted by atomic mass is 32.1. The van der Waals surface area contributed by atoms with Gasteiger partial charge in [-0.2, -0.15) is 0 Å². The zero-order valence-electron chi connectivity index (χ0n) is 18.0. The molecule has 8 heteroatoms. The lowest BCUT2D eigenvalue weighted by atomic mass is 10.1. The normalized spacial score (nSPS) is 10.1. The van der Waals surface area contributed by atoms with E-state index in [9.17, 15) is 14.4 Å². The highest BCUT2D eigenvalue weighted by Gasteiger charge is 2.14. The molecule has 0 aromatic heterocycles. The van der Waals surface area contributed by atoms with Gasteiger partial charge in [0.1, 0.15) is 0 Å². The van der Waals surface area contributed by atoms with E-state index in [0.29, 0.717) is 35.3 Å². The molecule has 0 saturated carbocycles. The lowest BCUT2D eigenvalue weighted by Gasteiger charge is -2.14. The number of para-hydroxylation sites is 1. The SMILES string of the molecule is COC(=O)c1ccc(C(=O)NC(=S)Nc2ccccc2C(=O)NCCc2ccccc2)cc1. The molecule has 0 radical (unpaired) electrons. The third-order valence-corrected chi connectivity index (χ3v) is 4.96. The Morgan fingerprint density at radius 2 is 1.45 bits per heavy atom. The number of amides is 2. The Balaban J connectivity index is 1.58. The third-order valence-electron chi connectivity index (χ3n) is 4.76. The van der Waals surface area contributed by atoms with Gasteiger partial charge >= 0.3 is 5.97 Å². The van der Waals surface area contributed by atoms with Crippen LogP contribution in [0.2, 0.25) is 0 Å². The number of hydrogen-bond acceptors (Lipinski definition) is 5. The largest absolute Gasteiger partial charge is 0.465 e. The molecule has 168 valence electrons. The number of benzene rings is 3. The first-order chi connectivity index (χ1) is 16.0. The third kappa shape index (κ3) is 6.72. The second kappa shape index (κ2) is 11.5. The van der Waals surface area contributed by atoms with Crippen molar-refractivity contribution in [3.05, 3.63) is 101 Å². The van der Waals surface area contributed by atoms with Gasteiger partial charge in [0.05, 0.1) is 23.9 Å².